The minimum atomic E-state index is -0.827. The minimum Gasteiger partial charge on any atom is -0.497 e. The number of carboxylic acids is 1. The molecule has 1 fully saturated rings. The molecule has 22 heavy (non-hydrogen) atoms. The predicted octanol–water partition coefficient (Wildman–Crippen LogP) is 1.79. The van der Waals surface area contributed by atoms with Gasteiger partial charge in [0.1, 0.15) is 11.5 Å². The first-order valence-electron chi connectivity index (χ1n) is 7.37. The van der Waals surface area contributed by atoms with Gasteiger partial charge in [0.15, 0.2) is 0 Å². The number of benzene rings is 1. The molecule has 1 amide bonds. The van der Waals surface area contributed by atoms with Crippen LogP contribution in [0.25, 0.3) is 0 Å². The van der Waals surface area contributed by atoms with Crippen LogP contribution in [-0.4, -0.2) is 48.7 Å². The molecular weight excluding hydrogens is 286 g/mol. The van der Waals surface area contributed by atoms with Crippen molar-refractivity contribution in [2.24, 2.45) is 5.92 Å². The van der Waals surface area contributed by atoms with Crippen molar-refractivity contribution in [2.45, 2.75) is 19.3 Å². The number of likely N-dealkylation sites (tertiary alicyclic amines) is 1. The third kappa shape index (κ3) is 4.38. The van der Waals surface area contributed by atoms with E-state index in [0.717, 1.165) is 12.2 Å². The molecule has 0 aliphatic carbocycles. The number of nitrogens with zero attached hydrogens (tertiary/aromatic N) is 1. The van der Waals surface area contributed by atoms with Gasteiger partial charge in [-0.15, -0.1) is 0 Å². The lowest BCUT2D eigenvalue weighted by Crippen LogP contribution is -2.42. The highest BCUT2D eigenvalue weighted by Crippen LogP contribution is 2.19. The molecule has 1 aromatic rings. The van der Waals surface area contributed by atoms with Gasteiger partial charge >= 0.3 is 5.97 Å². The molecule has 0 radical (unpaired) electrons. The van der Waals surface area contributed by atoms with Gasteiger partial charge in [0.25, 0.3) is 0 Å². The number of amides is 1. The van der Waals surface area contributed by atoms with Crippen LogP contribution in [0.15, 0.2) is 24.3 Å². The number of carbonyl (C=O) groups is 2. The number of hydrogen-bond acceptors (Lipinski definition) is 4. The van der Waals surface area contributed by atoms with Gasteiger partial charge < -0.3 is 19.5 Å². The summed E-state index contributed by atoms with van der Waals surface area (Å²) in [4.78, 5) is 24.7. The van der Waals surface area contributed by atoms with E-state index in [1.54, 1.807) is 36.3 Å². The highest BCUT2D eigenvalue weighted by molar-refractivity contribution is 5.78. The Kier molecular flexibility index (Phi) is 5.63. The molecule has 0 bridgehead atoms. The van der Waals surface area contributed by atoms with Crippen molar-refractivity contribution in [1.82, 2.24) is 4.90 Å². The van der Waals surface area contributed by atoms with Crippen LogP contribution in [0.2, 0.25) is 0 Å². The molecule has 1 saturated heterocycles. The number of piperidine rings is 1. The molecule has 120 valence electrons. The number of carboxylic acid groups (broad SMARTS) is 1. The fraction of sp³-hybridized carbons (Fsp3) is 0.500. The van der Waals surface area contributed by atoms with Crippen LogP contribution in [0.5, 0.6) is 11.5 Å². The maximum atomic E-state index is 12.1. The first-order chi connectivity index (χ1) is 10.6. The zero-order valence-corrected chi connectivity index (χ0v) is 12.7. The molecule has 1 aromatic carbocycles. The summed E-state index contributed by atoms with van der Waals surface area (Å²) in [5, 5.41) is 9.03. The highest BCUT2D eigenvalue weighted by Gasteiger charge is 2.27. The molecule has 1 aliphatic rings. The second-order valence-electron chi connectivity index (χ2n) is 5.29. The van der Waals surface area contributed by atoms with Gasteiger partial charge in [-0.25, -0.2) is 0 Å². The number of carbonyl (C=O) groups excluding carboxylic acids is 1. The topological polar surface area (TPSA) is 76.1 Å². The molecule has 6 nitrogen and oxygen atoms in total. The normalized spacial score (nSPS) is 17.9. The number of methoxy groups -OCH3 is 1. The molecule has 0 spiro atoms. The Morgan fingerprint density at radius 3 is 2.59 bits per heavy atom. The Hall–Kier alpha value is -2.24. The summed E-state index contributed by atoms with van der Waals surface area (Å²) >= 11 is 0. The SMILES string of the molecule is COc1ccc(OCCC(=O)N2CCCC(C(=O)O)C2)cc1. The van der Waals surface area contributed by atoms with Crippen LogP contribution in [0.3, 0.4) is 0 Å². The molecule has 1 unspecified atom stereocenters. The van der Waals surface area contributed by atoms with Crippen LogP contribution >= 0.6 is 0 Å². The summed E-state index contributed by atoms with van der Waals surface area (Å²) < 4.78 is 10.6. The third-order valence-electron chi connectivity index (χ3n) is 3.77. The van der Waals surface area contributed by atoms with Crippen molar-refractivity contribution in [3.63, 3.8) is 0 Å². The van der Waals surface area contributed by atoms with Crippen molar-refractivity contribution in [2.75, 3.05) is 26.8 Å². The second-order valence-corrected chi connectivity index (χ2v) is 5.29. The molecule has 1 heterocycles. The van der Waals surface area contributed by atoms with E-state index in [9.17, 15) is 9.59 Å². The maximum Gasteiger partial charge on any atom is 0.308 e. The molecule has 0 aromatic heterocycles. The molecule has 2 rings (SSSR count). The van der Waals surface area contributed by atoms with E-state index >= 15 is 0 Å². The average Bonchev–Trinajstić information content (AvgIpc) is 2.55. The summed E-state index contributed by atoms with van der Waals surface area (Å²) in [6.45, 7) is 1.21. The zero-order valence-electron chi connectivity index (χ0n) is 12.7. The molecule has 6 heteroatoms. The van der Waals surface area contributed by atoms with Gasteiger partial charge in [0, 0.05) is 13.1 Å². The lowest BCUT2D eigenvalue weighted by Gasteiger charge is -2.30. The summed E-state index contributed by atoms with van der Waals surface area (Å²) in [5.41, 5.74) is 0. The first-order valence-corrected chi connectivity index (χ1v) is 7.37. The number of aliphatic carboxylic acids is 1. The smallest absolute Gasteiger partial charge is 0.308 e. The second kappa shape index (κ2) is 7.68. The van der Waals surface area contributed by atoms with Gasteiger partial charge in [-0.3, -0.25) is 9.59 Å². The summed E-state index contributed by atoms with van der Waals surface area (Å²) in [6.07, 6.45) is 1.63. The van der Waals surface area contributed by atoms with E-state index in [-0.39, 0.29) is 18.9 Å². The minimum absolute atomic E-state index is 0.0561. The number of ether oxygens (including phenoxy) is 2. The Morgan fingerprint density at radius 1 is 1.27 bits per heavy atom. The fourth-order valence-corrected chi connectivity index (χ4v) is 2.49. The summed E-state index contributed by atoms with van der Waals surface area (Å²) in [7, 11) is 1.59. The maximum absolute atomic E-state index is 12.1. The van der Waals surface area contributed by atoms with Crippen LogP contribution < -0.4 is 9.47 Å². The Balaban J connectivity index is 1.76. The Bertz CT molecular complexity index is 514. The van der Waals surface area contributed by atoms with Crippen molar-refractivity contribution >= 4 is 11.9 Å². The predicted molar refractivity (Wildman–Crippen MR) is 80.0 cm³/mol. The molecule has 0 saturated carbocycles. The van der Waals surface area contributed by atoms with Gasteiger partial charge in [0.2, 0.25) is 5.91 Å². The van der Waals surface area contributed by atoms with Crippen LogP contribution in [-0.2, 0) is 9.59 Å². The monoisotopic (exact) mass is 307 g/mol. The van der Waals surface area contributed by atoms with Crippen molar-refractivity contribution < 1.29 is 24.2 Å². The van der Waals surface area contributed by atoms with Crippen LogP contribution in [0, 0.1) is 5.92 Å². The Labute approximate surface area is 129 Å². The average molecular weight is 307 g/mol. The van der Waals surface area contributed by atoms with E-state index in [1.807, 2.05) is 0 Å². The summed E-state index contributed by atoms with van der Waals surface area (Å²) in [6, 6.07) is 7.15. The van der Waals surface area contributed by atoms with E-state index in [4.69, 9.17) is 14.6 Å². The van der Waals surface area contributed by atoms with Gasteiger partial charge in [0.05, 0.1) is 26.1 Å². The van der Waals surface area contributed by atoms with E-state index in [2.05, 4.69) is 0 Å². The largest absolute Gasteiger partial charge is 0.497 e. The van der Waals surface area contributed by atoms with E-state index in [0.29, 0.717) is 25.3 Å². The van der Waals surface area contributed by atoms with Crippen molar-refractivity contribution in [3.05, 3.63) is 24.3 Å². The van der Waals surface area contributed by atoms with Crippen LogP contribution in [0.1, 0.15) is 19.3 Å². The van der Waals surface area contributed by atoms with Crippen molar-refractivity contribution in [1.29, 1.82) is 0 Å². The molecule has 1 aliphatic heterocycles. The van der Waals surface area contributed by atoms with Crippen LogP contribution in [0.4, 0.5) is 0 Å². The molecular formula is C16H21NO5. The van der Waals surface area contributed by atoms with E-state index < -0.39 is 11.9 Å². The lowest BCUT2D eigenvalue weighted by atomic mass is 9.98. The number of hydrogen-bond donors (Lipinski definition) is 1. The number of rotatable bonds is 6. The highest BCUT2D eigenvalue weighted by atomic mass is 16.5. The van der Waals surface area contributed by atoms with Gasteiger partial charge in [-0.2, -0.15) is 0 Å². The van der Waals surface area contributed by atoms with E-state index in [1.165, 1.54) is 0 Å². The van der Waals surface area contributed by atoms with Gasteiger partial charge in [-0.1, -0.05) is 0 Å². The third-order valence-corrected chi connectivity index (χ3v) is 3.77. The van der Waals surface area contributed by atoms with Gasteiger partial charge in [-0.05, 0) is 37.1 Å². The fourth-order valence-electron chi connectivity index (χ4n) is 2.49. The standard InChI is InChI=1S/C16H21NO5/c1-21-13-4-6-14(7-5-13)22-10-8-15(18)17-9-2-3-12(11-17)16(19)20/h4-7,12H,2-3,8-11H2,1H3,(H,19,20). The summed E-state index contributed by atoms with van der Waals surface area (Å²) in [5.74, 6) is 0.0961. The zero-order chi connectivity index (χ0) is 15.9. The lowest BCUT2D eigenvalue weighted by molar-refractivity contribution is -0.145. The molecule has 1 atom stereocenters. The first kappa shape index (κ1) is 16.1. The van der Waals surface area contributed by atoms with Crippen molar-refractivity contribution in [3.8, 4) is 11.5 Å². The quantitative estimate of drug-likeness (QED) is 0.867. The molecule has 1 N–H and O–H groups in total. The Morgan fingerprint density at radius 2 is 1.95 bits per heavy atom.